The summed E-state index contributed by atoms with van der Waals surface area (Å²) < 4.78 is 41.9. The van der Waals surface area contributed by atoms with Gasteiger partial charge in [-0.15, -0.1) is 0 Å². The molecule has 204 valence electrons. The summed E-state index contributed by atoms with van der Waals surface area (Å²) in [5.74, 6) is -1.16. The zero-order chi connectivity index (χ0) is 27.5. The van der Waals surface area contributed by atoms with Crippen LogP contribution >= 0.6 is 0 Å². The fourth-order valence-corrected chi connectivity index (χ4v) is 5.11. The molecular weight excluding hydrogens is 509 g/mol. The molecule has 11 heteroatoms. The Kier molecular flexibility index (Phi) is 8.17. The van der Waals surface area contributed by atoms with E-state index in [1.807, 2.05) is 32.9 Å². The maximum atomic E-state index is 13.4. The first-order valence-electron chi connectivity index (χ1n) is 12.7. The molecule has 0 radical (unpaired) electrons. The molecule has 3 aromatic rings. The number of carbonyl (C=O) groups is 2. The number of aromatic nitrogens is 2. The number of nitrogens with one attached hydrogen (secondary N) is 3. The van der Waals surface area contributed by atoms with Gasteiger partial charge in [0.15, 0.2) is 5.69 Å². The highest BCUT2D eigenvalue weighted by atomic mass is 32.2. The molecule has 2 amide bonds. The molecule has 0 saturated heterocycles. The van der Waals surface area contributed by atoms with E-state index in [4.69, 9.17) is 0 Å². The van der Waals surface area contributed by atoms with Crippen molar-refractivity contribution in [1.29, 1.82) is 0 Å². The van der Waals surface area contributed by atoms with Gasteiger partial charge in [0.05, 0.1) is 17.8 Å². The molecular formula is C27H34FN5O4S. The van der Waals surface area contributed by atoms with Crippen LogP contribution in [-0.2, 0) is 21.4 Å². The van der Waals surface area contributed by atoms with Crippen molar-refractivity contribution in [2.75, 3.05) is 18.8 Å². The van der Waals surface area contributed by atoms with Gasteiger partial charge in [-0.1, -0.05) is 51.1 Å². The highest BCUT2D eigenvalue weighted by Crippen LogP contribution is 2.27. The van der Waals surface area contributed by atoms with Crippen molar-refractivity contribution < 1.29 is 22.4 Å². The Balaban J connectivity index is 1.46. The average Bonchev–Trinajstić information content (AvgIpc) is 3.62. The smallest absolute Gasteiger partial charge is 0.273 e. The molecule has 1 saturated carbocycles. The van der Waals surface area contributed by atoms with Crippen molar-refractivity contribution in [3.8, 4) is 0 Å². The summed E-state index contributed by atoms with van der Waals surface area (Å²) in [5.41, 5.74) is 1.05. The first-order valence-corrected chi connectivity index (χ1v) is 14.3. The van der Waals surface area contributed by atoms with Crippen LogP contribution < -0.4 is 15.4 Å². The van der Waals surface area contributed by atoms with E-state index in [1.54, 1.807) is 28.9 Å². The summed E-state index contributed by atoms with van der Waals surface area (Å²) in [4.78, 5) is 26.5. The molecule has 1 aliphatic carbocycles. The van der Waals surface area contributed by atoms with Crippen LogP contribution in [0.25, 0.3) is 10.9 Å². The number of carbonyl (C=O) groups excluding carboxylic acids is 2. The standard InChI is InChI=1S/C27H34FN5O4S/c1-27(2,3)24(26(35)29-14-15-38(36,37)30-16-18-8-9-18)31-25(34)23-21-6-4-5-7-22(21)33(32-23)17-19-10-12-20(28)13-11-19/h4-7,10-13,18,24,30H,8-9,14-17H2,1-3H3,(H,29,35)(H,31,34)/t24-/m1/s1. The van der Waals surface area contributed by atoms with Gasteiger partial charge >= 0.3 is 0 Å². The van der Waals surface area contributed by atoms with Gasteiger partial charge in [-0.2, -0.15) is 5.10 Å². The molecule has 1 heterocycles. The summed E-state index contributed by atoms with van der Waals surface area (Å²) in [7, 11) is -3.50. The molecule has 38 heavy (non-hydrogen) atoms. The minimum absolute atomic E-state index is 0.0729. The fraction of sp³-hybridized carbons (Fsp3) is 0.444. The fourth-order valence-electron chi connectivity index (χ4n) is 4.10. The van der Waals surface area contributed by atoms with Crippen molar-refractivity contribution in [2.24, 2.45) is 11.3 Å². The zero-order valence-electron chi connectivity index (χ0n) is 21.8. The lowest BCUT2D eigenvalue weighted by atomic mass is 9.86. The van der Waals surface area contributed by atoms with Crippen molar-refractivity contribution in [3.63, 3.8) is 0 Å². The Bertz CT molecular complexity index is 1410. The van der Waals surface area contributed by atoms with Crippen LogP contribution in [0.5, 0.6) is 0 Å². The molecule has 1 atom stereocenters. The van der Waals surface area contributed by atoms with Crippen LogP contribution in [0.15, 0.2) is 48.5 Å². The third-order valence-corrected chi connectivity index (χ3v) is 7.83. The number of hydrogen-bond acceptors (Lipinski definition) is 5. The topological polar surface area (TPSA) is 122 Å². The lowest BCUT2D eigenvalue weighted by Crippen LogP contribution is -2.54. The first kappa shape index (κ1) is 27.7. The second kappa shape index (κ2) is 11.2. The summed E-state index contributed by atoms with van der Waals surface area (Å²) in [6.45, 7) is 6.14. The number of amides is 2. The number of sulfonamides is 1. The van der Waals surface area contributed by atoms with Gasteiger partial charge in [0.2, 0.25) is 15.9 Å². The van der Waals surface area contributed by atoms with Crippen LogP contribution in [0.4, 0.5) is 4.39 Å². The van der Waals surface area contributed by atoms with Crippen LogP contribution in [0.3, 0.4) is 0 Å². The average molecular weight is 544 g/mol. The molecule has 9 nitrogen and oxygen atoms in total. The van der Waals surface area contributed by atoms with E-state index in [0.29, 0.717) is 24.4 Å². The molecule has 2 aromatic carbocycles. The highest BCUT2D eigenvalue weighted by molar-refractivity contribution is 7.89. The van der Waals surface area contributed by atoms with Gasteiger partial charge in [0.1, 0.15) is 11.9 Å². The summed E-state index contributed by atoms with van der Waals surface area (Å²) in [5, 5.41) is 10.6. The van der Waals surface area contributed by atoms with Crippen LogP contribution in [0.2, 0.25) is 0 Å². The van der Waals surface area contributed by atoms with Gasteiger partial charge in [-0.3, -0.25) is 14.3 Å². The molecule has 0 bridgehead atoms. The number of fused-ring (bicyclic) bond motifs is 1. The summed E-state index contributed by atoms with van der Waals surface area (Å²) >= 11 is 0. The first-order chi connectivity index (χ1) is 17.9. The Morgan fingerprint density at radius 3 is 2.45 bits per heavy atom. The third-order valence-electron chi connectivity index (χ3n) is 6.48. The number of rotatable bonds is 11. The van der Waals surface area contributed by atoms with Gasteiger partial charge < -0.3 is 10.6 Å². The van der Waals surface area contributed by atoms with E-state index >= 15 is 0 Å². The van der Waals surface area contributed by atoms with Crippen molar-refractivity contribution in [1.82, 2.24) is 25.1 Å². The number of benzene rings is 2. The molecule has 3 N–H and O–H groups in total. The molecule has 1 aromatic heterocycles. The maximum absolute atomic E-state index is 13.4. The second-order valence-electron chi connectivity index (χ2n) is 10.8. The Hall–Kier alpha value is -3.31. The quantitative estimate of drug-likeness (QED) is 0.343. The minimum Gasteiger partial charge on any atom is -0.353 e. The summed E-state index contributed by atoms with van der Waals surface area (Å²) in [6, 6.07) is 12.4. The van der Waals surface area contributed by atoms with Gasteiger partial charge in [0.25, 0.3) is 5.91 Å². The van der Waals surface area contributed by atoms with E-state index in [-0.39, 0.29) is 23.8 Å². The molecule has 1 aliphatic rings. The number of para-hydroxylation sites is 1. The van der Waals surface area contributed by atoms with E-state index < -0.39 is 33.3 Å². The Labute approximate surface area is 222 Å². The second-order valence-corrected chi connectivity index (χ2v) is 12.8. The van der Waals surface area contributed by atoms with Gasteiger partial charge in [-0.25, -0.2) is 17.5 Å². The van der Waals surface area contributed by atoms with Crippen molar-refractivity contribution in [3.05, 3.63) is 65.6 Å². The third kappa shape index (κ3) is 7.16. The number of hydrogen-bond donors (Lipinski definition) is 3. The van der Waals surface area contributed by atoms with E-state index in [1.165, 1.54) is 12.1 Å². The predicted molar refractivity (Wildman–Crippen MR) is 143 cm³/mol. The monoisotopic (exact) mass is 543 g/mol. The van der Waals surface area contributed by atoms with Crippen molar-refractivity contribution >= 4 is 32.7 Å². The van der Waals surface area contributed by atoms with Crippen LogP contribution in [0.1, 0.15) is 49.7 Å². The summed E-state index contributed by atoms with van der Waals surface area (Å²) in [6.07, 6.45) is 2.07. The molecule has 0 unspecified atom stereocenters. The van der Waals surface area contributed by atoms with E-state index in [0.717, 1.165) is 23.9 Å². The predicted octanol–water partition coefficient (Wildman–Crippen LogP) is 2.81. The van der Waals surface area contributed by atoms with Gasteiger partial charge in [-0.05, 0) is 47.9 Å². The van der Waals surface area contributed by atoms with Crippen molar-refractivity contribution in [2.45, 2.75) is 46.2 Å². The van der Waals surface area contributed by atoms with E-state index in [9.17, 15) is 22.4 Å². The molecule has 1 fully saturated rings. The zero-order valence-corrected chi connectivity index (χ0v) is 22.6. The minimum atomic E-state index is -3.50. The lowest BCUT2D eigenvalue weighted by molar-refractivity contribution is -0.125. The highest BCUT2D eigenvalue weighted by Gasteiger charge is 2.34. The molecule has 0 spiro atoms. The normalized spacial score (nSPS) is 14.8. The largest absolute Gasteiger partial charge is 0.353 e. The molecule has 0 aliphatic heterocycles. The van der Waals surface area contributed by atoms with E-state index in [2.05, 4.69) is 20.5 Å². The molecule has 4 rings (SSSR count). The SMILES string of the molecule is CC(C)(C)[C@H](NC(=O)c1nn(Cc2ccc(F)cc2)c2ccccc12)C(=O)NCCS(=O)(=O)NCC1CC1. The van der Waals surface area contributed by atoms with Crippen LogP contribution in [0, 0.1) is 17.2 Å². The van der Waals surface area contributed by atoms with Gasteiger partial charge in [0, 0.05) is 18.5 Å². The van der Waals surface area contributed by atoms with Crippen LogP contribution in [-0.4, -0.2) is 54.9 Å². The number of halogens is 1. The lowest BCUT2D eigenvalue weighted by Gasteiger charge is -2.30. The Morgan fingerprint density at radius 2 is 1.79 bits per heavy atom. The number of nitrogens with zero attached hydrogens (tertiary/aromatic N) is 2. The maximum Gasteiger partial charge on any atom is 0.273 e. The Morgan fingerprint density at radius 1 is 1.11 bits per heavy atom.